The Hall–Kier alpha value is -6.47. The van der Waals surface area contributed by atoms with Gasteiger partial charge >= 0.3 is 5.97 Å². The van der Waals surface area contributed by atoms with Gasteiger partial charge in [0.15, 0.2) is 0 Å². The molecule has 0 spiro atoms. The van der Waals surface area contributed by atoms with Crippen molar-refractivity contribution in [2.24, 2.45) is 9.98 Å². The van der Waals surface area contributed by atoms with E-state index in [2.05, 4.69) is 187 Å². The van der Waals surface area contributed by atoms with E-state index in [1.165, 1.54) is 12.7 Å². The quantitative estimate of drug-likeness (QED) is 0.123. The molecule has 0 unspecified atom stereocenters. The number of carbonyl (C=O) groups is 1. The Morgan fingerprint density at radius 3 is 1.26 bits per heavy atom. The Bertz CT molecular complexity index is 3210. The molecule has 0 amide bonds. The molecule has 6 aromatic rings. The number of phenolic OH excluding ortho intramolecular Hbond substituents is 2. The Morgan fingerprint density at radius 1 is 0.486 bits per heavy atom. The Labute approximate surface area is 443 Å². The van der Waals surface area contributed by atoms with E-state index >= 15 is 0 Å². The maximum atomic E-state index is 12.6. The summed E-state index contributed by atoms with van der Waals surface area (Å²) >= 11 is 0. The van der Waals surface area contributed by atoms with Crippen molar-refractivity contribution in [1.29, 1.82) is 0 Å². The second kappa shape index (κ2) is 19.0. The summed E-state index contributed by atoms with van der Waals surface area (Å²) in [6, 6.07) is 31.1. The van der Waals surface area contributed by atoms with Crippen LogP contribution in [0.15, 0.2) is 101 Å². The largest absolute Gasteiger partial charge is 0.507 e. The SMILES string of the molecule is COC(=O)c1ccc(-c2cc(C(C)(C)C)cc3c2Oc2c(-c4ccc(N=Cc5cc(C(C)(C)C)cc(C(C)(C)C)c5O)c(N=Cc5cc(C(C)(C)C)cc(C(C)(C)C)c5O)c4)cc(C(C)(C)C)cc2C3(C)C)cc1. The van der Waals surface area contributed by atoms with Gasteiger partial charge in [-0.1, -0.05) is 181 Å². The van der Waals surface area contributed by atoms with Crippen LogP contribution in [0.1, 0.15) is 204 Å². The minimum atomic E-state index is -0.512. The summed E-state index contributed by atoms with van der Waals surface area (Å²) in [6.07, 6.45) is 3.51. The second-order valence-electron chi connectivity index (χ2n) is 27.2. The highest BCUT2D eigenvalue weighted by Gasteiger charge is 2.40. The molecule has 0 aromatic heterocycles. The highest BCUT2D eigenvalue weighted by molar-refractivity contribution is 5.93. The average molecular weight is 995 g/mol. The van der Waals surface area contributed by atoms with Crippen LogP contribution in [-0.4, -0.2) is 35.7 Å². The first-order chi connectivity index (χ1) is 33.9. The van der Waals surface area contributed by atoms with E-state index in [0.29, 0.717) is 28.1 Å². The molecule has 0 saturated carbocycles. The molecule has 0 radical (unpaired) electrons. The molecular weight excluding hydrogens is 913 g/mol. The third-order valence-corrected chi connectivity index (χ3v) is 14.7. The van der Waals surface area contributed by atoms with E-state index in [-0.39, 0.29) is 50.0 Å². The minimum Gasteiger partial charge on any atom is -0.507 e. The number of aromatic hydroxyl groups is 2. The Kier molecular flexibility index (Phi) is 14.2. The minimum absolute atomic E-state index is 0.173. The average Bonchev–Trinajstić information content (AvgIpc) is 3.28. The molecule has 7 heteroatoms. The summed E-state index contributed by atoms with van der Waals surface area (Å²) in [5.41, 5.74) is 13.0. The third kappa shape index (κ3) is 11.1. The summed E-state index contributed by atoms with van der Waals surface area (Å²) in [4.78, 5) is 22.9. The molecule has 74 heavy (non-hydrogen) atoms. The van der Waals surface area contributed by atoms with E-state index in [4.69, 9.17) is 19.5 Å². The summed E-state index contributed by atoms with van der Waals surface area (Å²) in [5.74, 6) is 1.53. The normalized spacial score (nSPS) is 14.3. The molecule has 390 valence electrons. The number of rotatable bonds is 7. The number of hydrogen-bond acceptors (Lipinski definition) is 7. The molecular formula is C67H82N2O5. The van der Waals surface area contributed by atoms with Crippen LogP contribution < -0.4 is 4.74 Å². The van der Waals surface area contributed by atoms with Gasteiger partial charge in [-0.05, 0) is 114 Å². The van der Waals surface area contributed by atoms with Crippen molar-refractivity contribution in [2.45, 2.75) is 176 Å². The lowest BCUT2D eigenvalue weighted by atomic mass is 9.70. The lowest BCUT2D eigenvalue weighted by Gasteiger charge is -2.39. The van der Waals surface area contributed by atoms with Gasteiger partial charge in [-0.25, -0.2) is 4.79 Å². The number of hydrogen-bond donors (Lipinski definition) is 2. The molecule has 7 rings (SSSR count). The number of nitrogens with zero attached hydrogens (tertiary/aromatic N) is 2. The molecule has 0 fully saturated rings. The van der Waals surface area contributed by atoms with Crippen molar-refractivity contribution in [2.75, 3.05) is 7.11 Å². The Morgan fingerprint density at radius 2 is 0.865 bits per heavy atom. The van der Waals surface area contributed by atoms with Crippen LogP contribution in [0.2, 0.25) is 0 Å². The zero-order valence-electron chi connectivity index (χ0n) is 48.3. The number of benzene rings is 6. The molecule has 0 atom stereocenters. The van der Waals surface area contributed by atoms with Gasteiger partial charge in [0.2, 0.25) is 0 Å². The van der Waals surface area contributed by atoms with Gasteiger partial charge in [0.25, 0.3) is 0 Å². The van der Waals surface area contributed by atoms with E-state index in [1.807, 2.05) is 42.5 Å². The number of esters is 1. The van der Waals surface area contributed by atoms with Crippen LogP contribution in [0.25, 0.3) is 22.3 Å². The van der Waals surface area contributed by atoms with Crippen LogP contribution in [0.4, 0.5) is 11.4 Å². The van der Waals surface area contributed by atoms with Gasteiger partial charge in [0.1, 0.15) is 23.0 Å². The second-order valence-corrected chi connectivity index (χ2v) is 27.2. The first-order valence-electron chi connectivity index (χ1n) is 26.1. The van der Waals surface area contributed by atoms with Crippen LogP contribution >= 0.6 is 0 Å². The zero-order valence-corrected chi connectivity index (χ0v) is 48.3. The molecule has 7 nitrogen and oxygen atoms in total. The van der Waals surface area contributed by atoms with Gasteiger partial charge < -0.3 is 19.7 Å². The van der Waals surface area contributed by atoms with Crippen molar-refractivity contribution in [3.63, 3.8) is 0 Å². The highest BCUT2D eigenvalue weighted by Crippen LogP contribution is 2.56. The van der Waals surface area contributed by atoms with Gasteiger partial charge in [0, 0.05) is 62.4 Å². The number of carbonyl (C=O) groups excluding carboxylic acids is 1. The fraction of sp³-hybridized carbons (Fsp3) is 0.418. The number of aliphatic imine (C=N–C) groups is 2. The lowest BCUT2D eigenvalue weighted by molar-refractivity contribution is 0.0600. The summed E-state index contributed by atoms with van der Waals surface area (Å²) in [7, 11) is 1.39. The molecule has 1 aliphatic rings. The van der Waals surface area contributed by atoms with Gasteiger partial charge in [-0.3, -0.25) is 9.98 Å². The molecule has 0 bridgehead atoms. The standard InChI is InChI=1S/C67H82N2O5/c1-61(2,3)44-28-42(56(70)50(33-44)65(13,14)15)37-68-54-27-26-41(30-55(54)69-38-43-29-45(62(4,5)6)34-51(57(43)71)66(16,17)18)49-32-47(64(10,11)12)36-53-59(49)74-58-48(39-22-24-40(25-23-39)60(72)73-21)31-46(63(7,8)9)35-52(58)67(53,19)20/h22-38,70-71H,1-21H3. The van der Waals surface area contributed by atoms with Crippen LogP contribution in [-0.2, 0) is 42.6 Å². The number of methoxy groups -OCH3 is 1. The van der Waals surface area contributed by atoms with Crippen molar-refractivity contribution in [1.82, 2.24) is 0 Å². The Balaban J connectivity index is 1.51. The molecule has 1 heterocycles. The first-order valence-corrected chi connectivity index (χ1v) is 26.1. The van der Waals surface area contributed by atoms with E-state index in [1.54, 1.807) is 12.4 Å². The number of fused-ring (bicyclic) bond motifs is 2. The van der Waals surface area contributed by atoms with E-state index in [0.717, 1.165) is 72.7 Å². The predicted octanol–water partition coefficient (Wildman–Crippen LogP) is 17.9. The summed E-state index contributed by atoms with van der Waals surface area (Å²) in [5, 5.41) is 23.8. The monoisotopic (exact) mass is 995 g/mol. The topological polar surface area (TPSA) is 101 Å². The van der Waals surface area contributed by atoms with Crippen LogP contribution in [0.5, 0.6) is 23.0 Å². The van der Waals surface area contributed by atoms with Crippen molar-refractivity contribution >= 4 is 29.8 Å². The summed E-state index contributed by atoms with van der Waals surface area (Å²) in [6.45, 7) is 43.7. The molecule has 1 aliphatic heterocycles. The fourth-order valence-corrected chi connectivity index (χ4v) is 9.55. The lowest BCUT2D eigenvalue weighted by Crippen LogP contribution is -2.27. The van der Waals surface area contributed by atoms with Crippen LogP contribution in [0, 0.1) is 0 Å². The van der Waals surface area contributed by atoms with Gasteiger partial charge in [-0.15, -0.1) is 0 Å². The van der Waals surface area contributed by atoms with Gasteiger partial charge in [0.05, 0.1) is 24.0 Å². The zero-order chi connectivity index (χ0) is 55.1. The van der Waals surface area contributed by atoms with Crippen molar-refractivity contribution in [3.8, 4) is 45.3 Å². The first kappa shape index (κ1) is 55.3. The van der Waals surface area contributed by atoms with Crippen molar-refractivity contribution in [3.05, 3.63) is 152 Å². The third-order valence-electron chi connectivity index (χ3n) is 14.7. The van der Waals surface area contributed by atoms with Gasteiger partial charge in [-0.2, -0.15) is 0 Å². The van der Waals surface area contributed by atoms with Crippen LogP contribution in [0.3, 0.4) is 0 Å². The maximum absolute atomic E-state index is 12.6. The highest BCUT2D eigenvalue weighted by atomic mass is 16.5. The molecule has 0 aliphatic carbocycles. The number of phenols is 2. The number of ether oxygens (including phenoxy) is 2. The van der Waals surface area contributed by atoms with E-state index < -0.39 is 5.41 Å². The predicted molar refractivity (Wildman–Crippen MR) is 310 cm³/mol. The van der Waals surface area contributed by atoms with E-state index in [9.17, 15) is 15.0 Å². The van der Waals surface area contributed by atoms with Crippen molar-refractivity contribution < 1.29 is 24.5 Å². The fourth-order valence-electron chi connectivity index (χ4n) is 9.55. The maximum Gasteiger partial charge on any atom is 0.337 e. The molecule has 0 saturated heterocycles. The summed E-state index contributed by atoms with van der Waals surface area (Å²) < 4.78 is 12.4. The molecule has 6 aromatic carbocycles. The smallest absolute Gasteiger partial charge is 0.337 e. The molecule has 2 N–H and O–H groups in total.